The molecule has 7 heteroatoms. The molecule has 2 unspecified atom stereocenters. The molecule has 2 aliphatic rings. The highest BCUT2D eigenvalue weighted by Crippen LogP contribution is 2.16. The number of piperazine rings is 1. The standard InChI is InChI=1S/C20H29N3O4/c1-3-16-4-6-17(7-5-16)27-15(2)19(24)22-9-11-23(12-10-22)20(25)18-14-26-13-8-21-18/h4-7,15,18,21H,3,8-14H2,1-2H3. The Labute approximate surface area is 160 Å². The van der Waals surface area contributed by atoms with Gasteiger partial charge in [0, 0.05) is 32.7 Å². The first-order valence-electron chi connectivity index (χ1n) is 9.72. The van der Waals surface area contributed by atoms with Gasteiger partial charge in [0.25, 0.3) is 5.91 Å². The summed E-state index contributed by atoms with van der Waals surface area (Å²) in [6, 6.07) is 7.56. The Hall–Kier alpha value is -2.12. The summed E-state index contributed by atoms with van der Waals surface area (Å²) in [5.41, 5.74) is 1.24. The summed E-state index contributed by atoms with van der Waals surface area (Å²) < 4.78 is 11.2. The predicted molar refractivity (Wildman–Crippen MR) is 102 cm³/mol. The first-order valence-corrected chi connectivity index (χ1v) is 9.72. The summed E-state index contributed by atoms with van der Waals surface area (Å²) in [6.45, 7) is 7.77. The Balaban J connectivity index is 1.47. The maximum atomic E-state index is 12.7. The van der Waals surface area contributed by atoms with Crippen molar-refractivity contribution in [1.82, 2.24) is 15.1 Å². The summed E-state index contributed by atoms with van der Waals surface area (Å²) in [4.78, 5) is 28.8. The highest BCUT2D eigenvalue weighted by molar-refractivity contribution is 5.83. The van der Waals surface area contributed by atoms with E-state index in [2.05, 4.69) is 12.2 Å². The van der Waals surface area contributed by atoms with Crippen molar-refractivity contribution in [1.29, 1.82) is 0 Å². The van der Waals surface area contributed by atoms with Crippen LogP contribution in [0, 0.1) is 0 Å². The van der Waals surface area contributed by atoms with Gasteiger partial charge in [-0.1, -0.05) is 19.1 Å². The molecule has 0 bridgehead atoms. The van der Waals surface area contributed by atoms with Crippen molar-refractivity contribution in [3.05, 3.63) is 29.8 Å². The third-order valence-corrected chi connectivity index (χ3v) is 5.11. The van der Waals surface area contributed by atoms with Gasteiger partial charge in [0.05, 0.1) is 13.2 Å². The number of nitrogens with zero attached hydrogens (tertiary/aromatic N) is 2. The number of nitrogens with one attached hydrogen (secondary N) is 1. The number of carbonyl (C=O) groups is 2. The van der Waals surface area contributed by atoms with E-state index >= 15 is 0 Å². The molecule has 1 aromatic rings. The van der Waals surface area contributed by atoms with Gasteiger partial charge in [-0.2, -0.15) is 0 Å². The van der Waals surface area contributed by atoms with E-state index in [1.54, 1.807) is 11.8 Å². The van der Waals surface area contributed by atoms with E-state index in [0.717, 1.165) is 6.42 Å². The molecule has 2 aliphatic heterocycles. The summed E-state index contributed by atoms with van der Waals surface area (Å²) >= 11 is 0. The first-order chi connectivity index (χ1) is 13.1. The Kier molecular flexibility index (Phi) is 6.68. The number of amides is 2. The van der Waals surface area contributed by atoms with Crippen LogP contribution in [0.2, 0.25) is 0 Å². The van der Waals surface area contributed by atoms with Gasteiger partial charge in [-0.05, 0) is 31.0 Å². The molecular formula is C20H29N3O4. The topological polar surface area (TPSA) is 71.1 Å². The van der Waals surface area contributed by atoms with Crippen molar-refractivity contribution >= 4 is 11.8 Å². The number of morpholine rings is 1. The van der Waals surface area contributed by atoms with E-state index in [-0.39, 0.29) is 17.9 Å². The second-order valence-electron chi connectivity index (χ2n) is 6.99. The monoisotopic (exact) mass is 375 g/mol. The largest absolute Gasteiger partial charge is 0.481 e. The van der Waals surface area contributed by atoms with E-state index in [0.29, 0.717) is 51.7 Å². The quantitative estimate of drug-likeness (QED) is 0.819. The molecule has 2 atom stereocenters. The van der Waals surface area contributed by atoms with E-state index in [4.69, 9.17) is 9.47 Å². The van der Waals surface area contributed by atoms with Gasteiger partial charge in [0.2, 0.25) is 5.91 Å². The zero-order valence-electron chi connectivity index (χ0n) is 16.1. The molecule has 3 rings (SSSR count). The second-order valence-corrected chi connectivity index (χ2v) is 6.99. The van der Waals surface area contributed by atoms with Crippen molar-refractivity contribution < 1.29 is 19.1 Å². The number of benzene rings is 1. The molecule has 2 amide bonds. The third kappa shape index (κ3) is 4.99. The highest BCUT2D eigenvalue weighted by atomic mass is 16.5. The molecule has 7 nitrogen and oxygen atoms in total. The number of ether oxygens (including phenoxy) is 2. The zero-order chi connectivity index (χ0) is 19.2. The van der Waals surface area contributed by atoms with Gasteiger partial charge >= 0.3 is 0 Å². The fourth-order valence-electron chi connectivity index (χ4n) is 3.41. The zero-order valence-corrected chi connectivity index (χ0v) is 16.1. The van der Waals surface area contributed by atoms with Crippen molar-refractivity contribution in [2.45, 2.75) is 32.4 Å². The van der Waals surface area contributed by atoms with Crippen LogP contribution in [-0.4, -0.2) is 79.7 Å². The number of rotatable bonds is 5. The Morgan fingerprint density at radius 3 is 2.44 bits per heavy atom. The minimum Gasteiger partial charge on any atom is -0.481 e. The molecule has 1 aromatic carbocycles. The molecule has 2 heterocycles. The van der Waals surface area contributed by atoms with Crippen LogP contribution < -0.4 is 10.1 Å². The molecule has 0 aromatic heterocycles. The molecular weight excluding hydrogens is 346 g/mol. The molecule has 27 heavy (non-hydrogen) atoms. The van der Waals surface area contributed by atoms with Crippen LogP contribution in [0.5, 0.6) is 5.75 Å². The minimum absolute atomic E-state index is 0.0409. The van der Waals surface area contributed by atoms with Crippen LogP contribution in [0.3, 0.4) is 0 Å². The Morgan fingerprint density at radius 1 is 1.19 bits per heavy atom. The number of carbonyl (C=O) groups excluding carboxylic acids is 2. The lowest BCUT2D eigenvalue weighted by molar-refractivity contribution is -0.145. The average molecular weight is 375 g/mol. The van der Waals surface area contributed by atoms with E-state index < -0.39 is 6.10 Å². The summed E-state index contributed by atoms with van der Waals surface area (Å²) in [7, 11) is 0. The number of hydrogen-bond acceptors (Lipinski definition) is 5. The van der Waals surface area contributed by atoms with E-state index in [1.807, 2.05) is 29.2 Å². The number of hydrogen-bond donors (Lipinski definition) is 1. The van der Waals surface area contributed by atoms with Crippen LogP contribution in [0.1, 0.15) is 19.4 Å². The first kappa shape index (κ1) is 19.6. The Bertz CT molecular complexity index is 635. The van der Waals surface area contributed by atoms with Gasteiger partial charge < -0.3 is 24.6 Å². The lowest BCUT2D eigenvalue weighted by Gasteiger charge is -2.38. The van der Waals surface area contributed by atoms with E-state index in [1.165, 1.54) is 5.56 Å². The van der Waals surface area contributed by atoms with Crippen LogP contribution in [0.4, 0.5) is 0 Å². The van der Waals surface area contributed by atoms with Gasteiger partial charge in [-0.3, -0.25) is 9.59 Å². The lowest BCUT2D eigenvalue weighted by atomic mass is 10.2. The normalized spacial score (nSPS) is 21.6. The predicted octanol–water partition coefficient (Wildman–Crippen LogP) is 0.676. The van der Waals surface area contributed by atoms with Gasteiger partial charge in [-0.15, -0.1) is 0 Å². The second kappa shape index (κ2) is 9.19. The summed E-state index contributed by atoms with van der Waals surface area (Å²) in [5.74, 6) is 0.716. The van der Waals surface area contributed by atoms with E-state index in [9.17, 15) is 9.59 Å². The molecule has 0 radical (unpaired) electrons. The average Bonchev–Trinajstić information content (AvgIpc) is 2.74. The van der Waals surface area contributed by atoms with Gasteiger partial charge in [0.15, 0.2) is 6.10 Å². The summed E-state index contributed by atoms with van der Waals surface area (Å²) in [6.07, 6.45) is 0.424. The highest BCUT2D eigenvalue weighted by Gasteiger charge is 2.31. The maximum absolute atomic E-state index is 12.7. The fraction of sp³-hybridized carbons (Fsp3) is 0.600. The van der Waals surface area contributed by atoms with Crippen LogP contribution in [-0.2, 0) is 20.7 Å². The molecule has 1 N–H and O–H groups in total. The fourth-order valence-corrected chi connectivity index (χ4v) is 3.41. The number of aryl methyl sites for hydroxylation is 1. The maximum Gasteiger partial charge on any atom is 0.263 e. The molecule has 0 aliphatic carbocycles. The van der Waals surface area contributed by atoms with Gasteiger partial charge in [-0.25, -0.2) is 0 Å². The molecule has 2 fully saturated rings. The van der Waals surface area contributed by atoms with Crippen molar-refractivity contribution in [3.63, 3.8) is 0 Å². The SMILES string of the molecule is CCc1ccc(OC(C)C(=O)N2CCN(C(=O)C3COCCN3)CC2)cc1. The lowest BCUT2D eigenvalue weighted by Crippen LogP contribution is -2.58. The Morgan fingerprint density at radius 2 is 1.85 bits per heavy atom. The minimum atomic E-state index is -0.548. The molecule has 0 saturated carbocycles. The van der Waals surface area contributed by atoms with Gasteiger partial charge in [0.1, 0.15) is 11.8 Å². The van der Waals surface area contributed by atoms with Crippen LogP contribution >= 0.6 is 0 Å². The van der Waals surface area contributed by atoms with Crippen molar-refractivity contribution in [2.24, 2.45) is 0 Å². The summed E-state index contributed by atoms with van der Waals surface area (Å²) in [5, 5.41) is 3.19. The smallest absolute Gasteiger partial charge is 0.263 e. The van der Waals surface area contributed by atoms with Crippen molar-refractivity contribution in [2.75, 3.05) is 45.9 Å². The third-order valence-electron chi connectivity index (χ3n) is 5.11. The molecule has 2 saturated heterocycles. The van der Waals surface area contributed by atoms with Crippen LogP contribution in [0.15, 0.2) is 24.3 Å². The van der Waals surface area contributed by atoms with Crippen molar-refractivity contribution in [3.8, 4) is 5.75 Å². The molecule has 148 valence electrons. The molecule has 0 spiro atoms. The van der Waals surface area contributed by atoms with Crippen LogP contribution in [0.25, 0.3) is 0 Å².